The molecule has 1 saturated heterocycles. The zero-order valence-corrected chi connectivity index (χ0v) is 17.0. The Bertz CT molecular complexity index is 972. The Morgan fingerprint density at radius 3 is 2.63 bits per heavy atom. The summed E-state index contributed by atoms with van der Waals surface area (Å²) in [4.78, 5) is 13.0. The van der Waals surface area contributed by atoms with Gasteiger partial charge in [0.05, 0.1) is 28.3 Å². The third-order valence-corrected chi connectivity index (χ3v) is 5.52. The molecule has 0 saturated carbocycles. The lowest BCUT2D eigenvalue weighted by Crippen LogP contribution is -2.22. The maximum Gasteiger partial charge on any atom is 0.286 e. The third kappa shape index (κ3) is 4.27. The van der Waals surface area contributed by atoms with Crippen molar-refractivity contribution in [2.24, 2.45) is 5.10 Å². The highest BCUT2D eigenvalue weighted by Gasteiger charge is 2.32. The number of phenols is 1. The zero-order valence-electron chi connectivity index (χ0n) is 13.8. The van der Waals surface area contributed by atoms with Crippen LogP contribution in [0, 0.1) is 0 Å². The quantitative estimate of drug-likeness (QED) is 0.415. The van der Waals surface area contributed by atoms with E-state index in [-0.39, 0.29) is 16.0 Å². The van der Waals surface area contributed by atoms with Crippen LogP contribution in [0.3, 0.4) is 0 Å². The summed E-state index contributed by atoms with van der Waals surface area (Å²) in [5.41, 5.74) is 1.19. The molecule has 0 spiro atoms. The van der Waals surface area contributed by atoms with E-state index in [1.165, 1.54) is 19.4 Å². The summed E-state index contributed by atoms with van der Waals surface area (Å²) in [6.45, 7) is 0. The largest absolute Gasteiger partial charge is 0.504 e. The third-order valence-electron chi connectivity index (χ3n) is 3.58. The fraction of sp³-hybridized carbons (Fsp3) is 0.0556. The lowest BCUT2D eigenvalue weighted by Gasteiger charge is -2.07. The van der Waals surface area contributed by atoms with Crippen molar-refractivity contribution < 1.29 is 14.6 Å². The maximum atomic E-state index is 12.6. The number of aromatic hydroxyl groups is 1. The van der Waals surface area contributed by atoms with E-state index in [2.05, 4.69) is 5.10 Å². The van der Waals surface area contributed by atoms with Gasteiger partial charge in [-0.05, 0) is 48.1 Å². The van der Waals surface area contributed by atoms with Gasteiger partial charge in [0.15, 0.2) is 15.8 Å². The Labute approximate surface area is 175 Å². The van der Waals surface area contributed by atoms with Crippen LogP contribution in [0.1, 0.15) is 11.1 Å². The highest BCUT2D eigenvalue weighted by Crippen LogP contribution is 2.34. The molecule has 0 aromatic heterocycles. The van der Waals surface area contributed by atoms with Crippen LogP contribution in [0.2, 0.25) is 10.0 Å². The average Bonchev–Trinajstić information content (AvgIpc) is 2.90. The minimum atomic E-state index is -0.364. The van der Waals surface area contributed by atoms with Gasteiger partial charge in [-0.1, -0.05) is 47.1 Å². The Morgan fingerprint density at radius 2 is 1.96 bits per heavy atom. The number of thioether (sulfide) groups is 1. The Kier molecular flexibility index (Phi) is 6.06. The predicted octanol–water partition coefficient (Wildman–Crippen LogP) is 4.94. The second-order valence-electron chi connectivity index (χ2n) is 5.30. The molecule has 1 N–H and O–H groups in total. The Morgan fingerprint density at radius 1 is 1.26 bits per heavy atom. The number of methoxy groups -OCH3 is 1. The summed E-state index contributed by atoms with van der Waals surface area (Å²) in [5.74, 6) is -0.0366. The summed E-state index contributed by atoms with van der Waals surface area (Å²) in [6.07, 6.45) is 3.06. The van der Waals surface area contributed by atoms with Crippen LogP contribution < -0.4 is 4.74 Å². The fourth-order valence-corrected chi connectivity index (χ4v) is 3.91. The van der Waals surface area contributed by atoms with Crippen LogP contribution in [-0.4, -0.2) is 33.7 Å². The van der Waals surface area contributed by atoms with E-state index in [9.17, 15) is 9.90 Å². The molecule has 0 unspecified atom stereocenters. The first-order valence-corrected chi connectivity index (χ1v) is 9.51. The Balaban J connectivity index is 1.86. The van der Waals surface area contributed by atoms with Crippen LogP contribution in [0.5, 0.6) is 11.5 Å². The average molecular weight is 439 g/mol. The molecule has 1 aliphatic heterocycles. The summed E-state index contributed by atoms with van der Waals surface area (Å²) in [6, 6.07) is 9.85. The molecule has 1 amide bonds. The monoisotopic (exact) mass is 438 g/mol. The number of halogens is 2. The normalized spacial score (nSPS) is 16.0. The van der Waals surface area contributed by atoms with Crippen molar-refractivity contribution in [3.63, 3.8) is 0 Å². The van der Waals surface area contributed by atoms with Gasteiger partial charge in [0, 0.05) is 5.56 Å². The van der Waals surface area contributed by atoms with E-state index >= 15 is 0 Å². The van der Waals surface area contributed by atoms with E-state index in [1.807, 2.05) is 0 Å². The van der Waals surface area contributed by atoms with Gasteiger partial charge in [0.2, 0.25) is 0 Å². The number of rotatable bonds is 4. The molecule has 27 heavy (non-hydrogen) atoms. The molecule has 9 heteroatoms. The van der Waals surface area contributed by atoms with Gasteiger partial charge in [-0.2, -0.15) is 10.1 Å². The number of carbonyl (C=O) groups is 1. The molecule has 0 bridgehead atoms. The summed E-state index contributed by atoms with van der Waals surface area (Å²) in [7, 11) is 1.45. The molecule has 5 nitrogen and oxygen atoms in total. The van der Waals surface area contributed by atoms with Crippen molar-refractivity contribution >= 4 is 69.7 Å². The second-order valence-corrected chi connectivity index (χ2v) is 7.79. The summed E-state index contributed by atoms with van der Waals surface area (Å²) >= 11 is 18.6. The number of amides is 1. The molecule has 3 rings (SSSR count). The molecule has 1 aliphatic rings. The van der Waals surface area contributed by atoms with E-state index in [0.717, 1.165) is 16.8 Å². The Hall–Kier alpha value is -2.06. The number of hydrogen-bond donors (Lipinski definition) is 1. The van der Waals surface area contributed by atoms with E-state index in [4.69, 9.17) is 40.2 Å². The van der Waals surface area contributed by atoms with Crippen molar-refractivity contribution in [1.29, 1.82) is 0 Å². The van der Waals surface area contributed by atoms with Gasteiger partial charge in [0.1, 0.15) is 0 Å². The number of benzene rings is 2. The van der Waals surface area contributed by atoms with Gasteiger partial charge < -0.3 is 9.84 Å². The van der Waals surface area contributed by atoms with Gasteiger partial charge in [-0.25, -0.2) is 0 Å². The lowest BCUT2D eigenvalue weighted by atomic mass is 10.2. The number of thiocarbonyl (C=S) groups is 1. The van der Waals surface area contributed by atoms with Crippen LogP contribution in [0.15, 0.2) is 46.4 Å². The number of hydrazone groups is 1. The predicted molar refractivity (Wildman–Crippen MR) is 114 cm³/mol. The van der Waals surface area contributed by atoms with Gasteiger partial charge in [-0.15, -0.1) is 0 Å². The molecule has 1 fully saturated rings. The van der Waals surface area contributed by atoms with Crippen LogP contribution in [0.25, 0.3) is 6.08 Å². The summed E-state index contributed by atoms with van der Waals surface area (Å²) in [5, 5.41) is 15.8. The van der Waals surface area contributed by atoms with Gasteiger partial charge >= 0.3 is 0 Å². The van der Waals surface area contributed by atoms with Crippen LogP contribution in [-0.2, 0) is 4.79 Å². The van der Waals surface area contributed by atoms with Gasteiger partial charge in [-0.3, -0.25) is 4.79 Å². The van der Waals surface area contributed by atoms with E-state index in [0.29, 0.717) is 31.8 Å². The fourth-order valence-electron chi connectivity index (χ4n) is 2.24. The number of nitrogens with zero attached hydrogens (tertiary/aromatic N) is 2. The van der Waals surface area contributed by atoms with E-state index in [1.54, 1.807) is 36.4 Å². The number of ether oxygens (including phenoxy) is 1. The molecule has 2 aromatic rings. The van der Waals surface area contributed by atoms with Gasteiger partial charge in [0.25, 0.3) is 5.91 Å². The topological polar surface area (TPSA) is 62.1 Å². The highest BCUT2D eigenvalue weighted by molar-refractivity contribution is 8.26. The summed E-state index contributed by atoms with van der Waals surface area (Å²) < 4.78 is 5.36. The molecule has 2 aromatic carbocycles. The van der Waals surface area contributed by atoms with Crippen molar-refractivity contribution in [2.75, 3.05) is 7.11 Å². The van der Waals surface area contributed by atoms with Crippen molar-refractivity contribution in [3.8, 4) is 11.5 Å². The molecule has 0 radical (unpaired) electrons. The minimum Gasteiger partial charge on any atom is -0.504 e. The highest BCUT2D eigenvalue weighted by atomic mass is 35.5. The molecular weight excluding hydrogens is 427 g/mol. The number of carbonyl (C=O) groups excluding carboxylic acids is 1. The SMILES string of the molecule is COc1cc(/C=C2/SC(=S)N(/N=C/c3c(Cl)cccc3Cl)C2=O)ccc1O. The molecular formula is C18H12Cl2N2O3S2. The molecule has 1 heterocycles. The van der Waals surface area contributed by atoms with Crippen molar-refractivity contribution in [3.05, 3.63) is 62.5 Å². The minimum absolute atomic E-state index is 0.0171. The number of phenolic OH excluding ortho intramolecular Hbond substituents is 1. The maximum absolute atomic E-state index is 12.6. The first kappa shape index (κ1) is 19.7. The zero-order chi connectivity index (χ0) is 19.6. The van der Waals surface area contributed by atoms with Crippen LogP contribution in [0.4, 0.5) is 0 Å². The standard InChI is InChI=1S/C18H12Cl2N2O3S2/c1-25-15-7-10(5-6-14(15)23)8-16-17(24)22(18(26)27-16)21-9-11-12(19)3-2-4-13(11)20/h2-9,23H,1H3/b16-8+,21-9+. The van der Waals surface area contributed by atoms with E-state index < -0.39 is 0 Å². The van der Waals surface area contributed by atoms with Crippen molar-refractivity contribution in [1.82, 2.24) is 5.01 Å². The smallest absolute Gasteiger partial charge is 0.286 e. The van der Waals surface area contributed by atoms with Crippen LogP contribution >= 0.6 is 47.2 Å². The number of hydrogen-bond acceptors (Lipinski definition) is 6. The molecule has 0 aliphatic carbocycles. The first-order valence-electron chi connectivity index (χ1n) is 7.53. The lowest BCUT2D eigenvalue weighted by molar-refractivity contribution is -0.122. The second kappa shape index (κ2) is 8.31. The van der Waals surface area contributed by atoms with Crippen molar-refractivity contribution in [2.45, 2.75) is 0 Å². The molecule has 0 atom stereocenters. The first-order chi connectivity index (χ1) is 12.9. The molecule has 138 valence electrons.